The smallest absolute Gasteiger partial charge is 0.355 e. The monoisotopic (exact) mass is 762 g/mol. The lowest BCUT2D eigenvalue weighted by Gasteiger charge is -2.54. The highest BCUT2D eigenvalue weighted by atomic mass is 32.1. The molecule has 5 aromatic rings. The van der Waals surface area contributed by atoms with Gasteiger partial charge in [0.2, 0.25) is 0 Å². The van der Waals surface area contributed by atoms with Gasteiger partial charge in [0.1, 0.15) is 0 Å². The topological polar surface area (TPSA) is 173 Å². The second kappa shape index (κ2) is 14.0. The number of aromatic carboxylic acids is 1. The maximum Gasteiger partial charge on any atom is 0.355 e. The lowest BCUT2D eigenvalue weighted by molar-refractivity contribution is 0.0690. The van der Waals surface area contributed by atoms with Gasteiger partial charge < -0.3 is 10.8 Å². The number of thiazole rings is 1. The predicted octanol–water partition coefficient (Wildman–Crippen LogP) is 9.55. The number of carboxylic acid groups (broad SMARTS) is 1. The van der Waals surface area contributed by atoms with Crippen molar-refractivity contribution >= 4 is 68.2 Å². The summed E-state index contributed by atoms with van der Waals surface area (Å²) in [5.74, 6) is -1.55. The third-order valence-corrected chi connectivity index (χ3v) is 16.5. The number of aliphatic imine (C=N–C) groups is 1. The number of rotatable bonds is 10. The zero-order valence-electron chi connectivity index (χ0n) is 31.2. The quantitative estimate of drug-likeness (QED) is 0.0717. The minimum Gasteiger partial charge on any atom is -0.476 e. The zero-order chi connectivity index (χ0) is 38.5. The molecule has 2 fully saturated rings. The first-order valence-electron chi connectivity index (χ1n) is 18.1. The van der Waals surface area contributed by atoms with Crippen molar-refractivity contribution < 1.29 is 14.7 Å². The van der Waals surface area contributed by atoms with Crippen molar-refractivity contribution in [1.29, 1.82) is 0 Å². The van der Waals surface area contributed by atoms with Crippen molar-refractivity contribution in [2.45, 2.75) is 53.9 Å². The van der Waals surface area contributed by atoms with Gasteiger partial charge in [0.15, 0.2) is 18.2 Å². The number of fused-ring (bicyclic) bond motifs is 4. The summed E-state index contributed by atoms with van der Waals surface area (Å²) < 4.78 is 0.966. The van der Waals surface area contributed by atoms with Crippen molar-refractivity contribution in [1.82, 2.24) is 15.0 Å². The van der Waals surface area contributed by atoms with Crippen LogP contribution >= 0.6 is 18.7 Å². The van der Waals surface area contributed by atoms with Crippen molar-refractivity contribution in [2.75, 3.05) is 30.3 Å². The number of carbonyl (C=O) groups is 2. The third-order valence-electron chi connectivity index (χ3n) is 11.2. The standard InChI is InChI=1S/C41H44N7O4PS/c1-6-39(3)19-40(4)20-41(5,24-53(22-39,23-40)48-52)21-44-25(2)30(17-42)27-14-15-31(45-35(27)37(50)51)26-16-29-28(10-9-12-32(29)43-18-26)36(49)47-38-46-33-11-7-8-13-34(33)54-38/h7-18H,6,19-24H2,1-5H3,(H3-,42,44,46,47,49,50,51)/p+1. The molecule has 7 rings (SSSR count). The lowest BCUT2D eigenvalue weighted by atomic mass is 9.65. The van der Waals surface area contributed by atoms with Crippen LogP contribution in [0, 0.1) is 21.2 Å². The molecule has 4 N–H and O–H groups in total. The number of carboxylic acids is 1. The van der Waals surface area contributed by atoms with E-state index in [9.17, 15) is 19.6 Å². The Bertz CT molecular complexity index is 2360. The Hall–Kier alpha value is -4.93. The average molecular weight is 763 g/mol. The summed E-state index contributed by atoms with van der Waals surface area (Å²) in [5.41, 5.74) is 10.1. The molecule has 4 atom stereocenters. The number of anilines is 1. The normalized spacial score (nSPS) is 25.8. The van der Waals surface area contributed by atoms with E-state index in [1.807, 2.05) is 37.3 Å². The van der Waals surface area contributed by atoms with Crippen molar-refractivity contribution in [3.63, 3.8) is 0 Å². The molecule has 278 valence electrons. The van der Waals surface area contributed by atoms with Gasteiger partial charge in [-0.25, -0.2) is 14.8 Å². The highest BCUT2D eigenvalue weighted by Gasteiger charge is 2.64. The van der Waals surface area contributed by atoms with Crippen LogP contribution in [-0.4, -0.2) is 62.7 Å². The number of pyridine rings is 2. The van der Waals surface area contributed by atoms with Gasteiger partial charge >= 0.3 is 5.97 Å². The van der Waals surface area contributed by atoms with E-state index in [2.05, 4.69) is 52.9 Å². The molecule has 2 aliphatic heterocycles. The van der Waals surface area contributed by atoms with E-state index in [0.29, 0.717) is 56.2 Å². The number of nitrogens with two attached hydrogens (primary N) is 1. The largest absolute Gasteiger partial charge is 0.476 e. The van der Waals surface area contributed by atoms with Gasteiger partial charge in [-0.15, -0.1) is 4.91 Å². The first-order chi connectivity index (χ1) is 25.7. The fraction of sp³-hybridized carbons (Fsp3) is 0.366. The number of nitrogens with one attached hydrogen (secondary N) is 1. The maximum absolute atomic E-state index is 13.5. The number of carbonyl (C=O) groups excluding carboxylic acids is 1. The summed E-state index contributed by atoms with van der Waals surface area (Å²) in [4.78, 5) is 61.3. The van der Waals surface area contributed by atoms with E-state index in [0.717, 1.165) is 48.0 Å². The summed E-state index contributed by atoms with van der Waals surface area (Å²) in [5, 5.41) is 14.4. The molecule has 0 radical (unpaired) electrons. The number of para-hydroxylation sites is 1. The number of benzene rings is 2. The number of allylic oxidation sites excluding steroid dienone is 1. The predicted molar refractivity (Wildman–Crippen MR) is 221 cm³/mol. The molecular weight excluding hydrogens is 718 g/mol. The summed E-state index contributed by atoms with van der Waals surface area (Å²) in [6.45, 7) is 11.4. The van der Waals surface area contributed by atoms with Crippen LogP contribution in [0.2, 0.25) is 0 Å². The highest BCUT2D eigenvalue weighted by molar-refractivity contribution is 7.74. The van der Waals surface area contributed by atoms with Crippen LogP contribution in [0.1, 0.15) is 80.3 Å². The van der Waals surface area contributed by atoms with Crippen LogP contribution in [0.4, 0.5) is 5.13 Å². The van der Waals surface area contributed by atoms with Gasteiger partial charge in [-0.05, 0) is 68.7 Å². The first-order valence-corrected chi connectivity index (χ1v) is 21.3. The molecule has 0 saturated carbocycles. The van der Waals surface area contributed by atoms with Gasteiger partial charge in [-0.3, -0.25) is 20.1 Å². The van der Waals surface area contributed by atoms with Crippen molar-refractivity contribution in [2.24, 2.45) is 31.9 Å². The van der Waals surface area contributed by atoms with Gasteiger partial charge in [0.25, 0.3) is 5.91 Å². The average Bonchev–Trinajstić information content (AvgIpc) is 3.55. The maximum atomic E-state index is 13.5. The molecule has 3 aromatic heterocycles. The molecule has 54 heavy (non-hydrogen) atoms. The fourth-order valence-corrected chi connectivity index (χ4v) is 15.9. The summed E-state index contributed by atoms with van der Waals surface area (Å²) in [6, 6.07) is 18.2. The van der Waals surface area contributed by atoms with Crippen LogP contribution in [0.5, 0.6) is 0 Å². The van der Waals surface area contributed by atoms with E-state index in [-0.39, 0.29) is 27.8 Å². The molecule has 13 heteroatoms. The number of nitrogens with zero attached hydrogens (tertiary/aromatic N) is 5. The van der Waals surface area contributed by atoms with Crippen LogP contribution < -0.4 is 11.1 Å². The second-order valence-electron chi connectivity index (χ2n) is 16.2. The lowest BCUT2D eigenvalue weighted by Crippen LogP contribution is -2.50. The number of hydrogen-bond donors (Lipinski definition) is 3. The minimum absolute atomic E-state index is 0.0302. The van der Waals surface area contributed by atoms with Crippen molar-refractivity contribution in [3.8, 4) is 11.3 Å². The van der Waals surface area contributed by atoms with Gasteiger partial charge in [0, 0.05) is 68.5 Å². The van der Waals surface area contributed by atoms with Crippen LogP contribution in [0.3, 0.4) is 0 Å². The van der Waals surface area contributed by atoms with Crippen LogP contribution in [0.25, 0.3) is 38.0 Å². The zero-order valence-corrected chi connectivity index (χ0v) is 32.9. The Balaban J connectivity index is 1.16. The van der Waals surface area contributed by atoms with E-state index in [1.165, 1.54) is 17.5 Å². The Labute approximate surface area is 319 Å². The Morgan fingerprint density at radius 1 is 0.981 bits per heavy atom. The van der Waals surface area contributed by atoms with E-state index in [4.69, 9.17) is 10.7 Å². The third kappa shape index (κ3) is 7.17. The number of hydrogen-bond acceptors (Lipinski definition) is 10. The molecule has 2 saturated heterocycles. The van der Waals surface area contributed by atoms with Gasteiger partial charge in [-0.2, -0.15) is 0 Å². The Morgan fingerprint density at radius 2 is 1.72 bits per heavy atom. The molecule has 2 aliphatic rings. The highest BCUT2D eigenvalue weighted by Crippen LogP contribution is 2.77. The summed E-state index contributed by atoms with van der Waals surface area (Å²) in [6.07, 6.45) is 8.64. The Kier molecular flexibility index (Phi) is 9.73. The number of nitroso groups, excluding NO2 is 1. The number of aromatic nitrogens is 3. The summed E-state index contributed by atoms with van der Waals surface area (Å²) >= 11 is 1.39. The molecule has 1 amide bonds. The minimum atomic E-state index is -2.05. The Morgan fingerprint density at radius 3 is 2.44 bits per heavy atom. The van der Waals surface area contributed by atoms with Gasteiger partial charge in [0.05, 0.1) is 44.9 Å². The molecule has 11 nitrogen and oxygen atoms in total. The molecule has 0 aliphatic carbocycles. The molecule has 5 heterocycles. The van der Waals surface area contributed by atoms with Crippen LogP contribution in [-0.2, 0) is 0 Å². The molecular formula is C41H45N7O4PS+. The van der Waals surface area contributed by atoms with E-state index < -0.39 is 13.4 Å². The van der Waals surface area contributed by atoms with E-state index >= 15 is 0 Å². The van der Waals surface area contributed by atoms with Crippen molar-refractivity contribution in [3.05, 3.63) is 94.8 Å². The van der Waals surface area contributed by atoms with Crippen LogP contribution in [0.15, 0.2) is 83.0 Å². The van der Waals surface area contributed by atoms with E-state index in [1.54, 1.807) is 36.5 Å². The molecule has 2 bridgehead atoms. The number of amides is 1. The molecule has 2 aromatic carbocycles. The summed E-state index contributed by atoms with van der Waals surface area (Å²) in [7, 11) is -2.05. The SMILES string of the molecule is CCC1(C)CC2(C)CC(C)(CN=C(C)C(=CN)c3ccc(-c4cnc5cccc(C(=O)Nc6nc7ccccc7s6)c5c4)nc3C(=O)O)C[P+](N=O)(C1)C2. The second-order valence-corrected chi connectivity index (χ2v) is 20.5. The molecule has 4 unspecified atom stereocenters. The first kappa shape index (κ1) is 37.4. The van der Waals surface area contributed by atoms with Gasteiger partial charge in [-0.1, -0.05) is 57.2 Å². The molecule has 0 spiro atoms. The fourth-order valence-electron chi connectivity index (χ4n) is 9.45.